The van der Waals surface area contributed by atoms with Crippen molar-refractivity contribution in [3.05, 3.63) is 94.4 Å². The highest BCUT2D eigenvalue weighted by Crippen LogP contribution is 2.38. The fourth-order valence-corrected chi connectivity index (χ4v) is 3.01. The molecule has 0 fully saturated rings. The molecule has 0 atom stereocenters. The van der Waals surface area contributed by atoms with Gasteiger partial charge in [-0.3, -0.25) is 0 Å². The maximum Gasteiger partial charge on any atom is 0.416 e. The summed E-state index contributed by atoms with van der Waals surface area (Å²) in [7, 11) is 0. The number of rotatable bonds is 7. The summed E-state index contributed by atoms with van der Waals surface area (Å²) in [6, 6.07) is 10.0. The van der Waals surface area contributed by atoms with Crippen LogP contribution in [-0.2, 0) is 28.7 Å². The van der Waals surface area contributed by atoms with E-state index in [2.05, 4.69) is 11.6 Å². The number of ether oxygens (including phenoxy) is 2. The summed E-state index contributed by atoms with van der Waals surface area (Å²) in [4.78, 5) is 15.9. The standard InChI is InChI=1S/C23H16ClF4NO4/c1-13(8-15-5-3-7-29-21(15)30)22(31)32-12-14-4-2-6-17(9-14)33-20-18(24)10-16(11-19(20)25)23(26,27)28/h2-7,9-11H,1,8,12H2,(H,29,30). The van der Waals surface area contributed by atoms with Crippen LogP contribution in [0.4, 0.5) is 17.6 Å². The number of esters is 1. The van der Waals surface area contributed by atoms with Crippen LogP contribution in [0, 0.1) is 5.82 Å². The van der Waals surface area contributed by atoms with Gasteiger partial charge in [0, 0.05) is 23.8 Å². The number of carbonyl (C=O) groups excluding carboxylic acids is 1. The predicted octanol–water partition coefficient (Wildman–Crippen LogP) is 6.23. The van der Waals surface area contributed by atoms with Crippen molar-refractivity contribution in [2.75, 3.05) is 0 Å². The van der Waals surface area contributed by atoms with Crippen LogP contribution in [0.15, 0.2) is 66.9 Å². The van der Waals surface area contributed by atoms with Crippen molar-refractivity contribution in [3.8, 4) is 17.4 Å². The van der Waals surface area contributed by atoms with E-state index in [9.17, 15) is 27.5 Å². The lowest BCUT2D eigenvalue weighted by molar-refractivity contribution is -0.140. The molecule has 10 heteroatoms. The minimum atomic E-state index is -4.76. The average Bonchev–Trinajstić information content (AvgIpc) is 2.75. The summed E-state index contributed by atoms with van der Waals surface area (Å²) in [5.41, 5.74) is -0.284. The monoisotopic (exact) mass is 481 g/mol. The summed E-state index contributed by atoms with van der Waals surface area (Å²) in [6.07, 6.45) is -3.32. The van der Waals surface area contributed by atoms with E-state index in [1.807, 2.05) is 0 Å². The second kappa shape index (κ2) is 9.91. The van der Waals surface area contributed by atoms with Gasteiger partial charge in [0.15, 0.2) is 11.6 Å². The number of hydrogen-bond donors (Lipinski definition) is 1. The van der Waals surface area contributed by atoms with E-state index in [0.717, 1.165) is 0 Å². The normalized spacial score (nSPS) is 11.2. The first-order valence-electron chi connectivity index (χ1n) is 9.35. The lowest BCUT2D eigenvalue weighted by Gasteiger charge is -2.13. The van der Waals surface area contributed by atoms with Crippen molar-refractivity contribution in [2.45, 2.75) is 19.2 Å². The van der Waals surface area contributed by atoms with E-state index in [0.29, 0.717) is 23.3 Å². The van der Waals surface area contributed by atoms with Crippen molar-refractivity contribution in [3.63, 3.8) is 0 Å². The Morgan fingerprint density at radius 2 is 1.91 bits per heavy atom. The molecule has 0 amide bonds. The van der Waals surface area contributed by atoms with Gasteiger partial charge < -0.3 is 14.6 Å². The molecule has 1 N–H and O–H groups in total. The molecular formula is C23H16ClF4NO4. The first-order valence-corrected chi connectivity index (χ1v) is 9.73. The number of nitrogens with zero attached hydrogens (tertiary/aromatic N) is 1. The third kappa shape index (κ3) is 6.23. The molecule has 0 spiro atoms. The number of hydrogen-bond acceptors (Lipinski definition) is 5. The van der Waals surface area contributed by atoms with Crippen LogP contribution in [0.1, 0.15) is 16.7 Å². The average molecular weight is 482 g/mol. The fourth-order valence-electron chi connectivity index (χ4n) is 2.76. The van der Waals surface area contributed by atoms with E-state index in [4.69, 9.17) is 21.1 Å². The molecule has 1 heterocycles. The molecule has 3 rings (SSSR count). The molecule has 0 saturated heterocycles. The molecule has 0 aliphatic heterocycles. The molecule has 33 heavy (non-hydrogen) atoms. The molecule has 0 saturated carbocycles. The highest BCUT2D eigenvalue weighted by molar-refractivity contribution is 6.32. The zero-order valence-corrected chi connectivity index (χ0v) is 17.6. The molecular weight excluding hydrogens is 466 g/mol. The van der Waals surface area contributed by atoms with Crippen molar-refractivity contribution in [1.29, 1.82) is 0 Å². The second-order valence-corrected chi connectivity index (χ2v) is 7.27. The van der Waals surface area contributed by atoms with Gasteiger partial charge in [0.05, 0.1) is 10.6 Å². The molecule has 0 aliphatic rings. The molecule has 2 aromatic carbocycles. The third-order valence-corrected chi connectivity index (χ3v) is 4.65. The van der Waals surface area contributed by atoms with Crippen molar-refractivity contribution < 1.29 is 36.9 Å². The van der Waals surface area contributed by atoms with Crippen LogP contribution in [0.25, 0.3) is 0 Å². The number of aromatic hydroxyl groups is 1. The van der Waals surface area contributed by atoms with Gasteiger partial charge in [-0.2, -0.15) is 13.2 Å². The molecule has 1 aromatic heterocycles. The molecule has 0 aliphatic carbocycles. The Bertz CT molecular complexity index is 1170. The van der Waals surface area contributed by atoms with E-state index in [1.54, 1.807) is 18.2 Å². The van der Waals surface area contributed by atoms with Crippen LogP contribution in [0.3, 0.4) is 0 Å². The van der Waals surface area contributed by atoms with Crippen LogP contribution in [-0.4, -0.2) is 16.1 Å². The Hall–Kier alpha value is -3.59. The van der Waals surface area contributed by atoms with Gasteiger partial charge in [-0.1, -0.05) is 36.4 Å². The highest BCUT2D eigenvalue weighted by Gasteiger charge is 2.32. The minimum absolute atomic E-state index is 0.0351. The molecule has 0 radical (unpaired) electrons. The Kier molecular flexibility index (Phi) is 7.23. The predicted molar refractivity (Wildman–Crippen MR) is 111 cm³/mol. The fraction of sp³-hybridized carbons (Fsp3) is 0.130. The maximum atomic E-state index is 14.2. The summed E-state index contributed by atoms with van der Waals surface area (Å²) in [6.45, 7) is 3.46. The van der Waals surface area contributed by atoms with Crippen molar-refractivity contribution in [2.24, 2.45) is 0 Å². The Labute approximate surface area is 190 Å². The molecule has 0 unspecified atom stereocenters. The largest absolute Gasteiger partial charge is 0.493 e. The number of alkyl halides is 3. The van der Waals surface area contributed by atoms with E-state index >= 15 is 0 Å². The number of benzene rings is 2. The number of aromatic nitrogens is 1. The van der Waals surface area contributed by atoms with Crippen LogP contribution < -0.4 is 4.74 Å². The molecule has 172 valence electrons. The Morgan fingerprint density at radius 3 is 2.58 bits per heavy atom. The van der Waals surface area contributed by atoms with Crippen LogP contribution in [0.2, 0.25) is 5.02 Å². The number of pyridine rings is 1. The lowest BCUT2D eigenvalue weighted by Crippen LogP contribution is -2.09. The summed E-state index contributed by atoms with van der Waals surface area (Å²) < 4.78 is 63.0. The smallest absolute Gasteiger partial charge is 0.416 e. The first kappa shape index (κ1) is 24.1. The third-order valence-electron chi connectivity index (χ3n) is 4.37. The maximum absolute atomic E-state index is 14.2. The number of carbonyl (C=O) groups is 1. The summed E-state index contributed by atoms with van der Waals surface area (Å²) >= 11 is 5.78. The van der Waals surface area contributed by atoms with Gasteiger partial charge in [-0.05, 0) is 35.9 Å². The molecule has 5 nitrogen and oxygen atoms in total. The van der Waals surface area contributed by atoms with Gasteiger partial charge in [0.1, 0.15) is 12.4 Å². The van der Waals surface area contributed by atoms with Crippen molar-refractivity contribution >= 4 is 17.6 Å². The lowest BCUT2D eigenvalue weighted by atomic mass is 10.1. The zero-order chi connectivity index (χ0) is 24.2. The Morgan fingerprint density at radius 1 is 1.15 bits per heavy atom. The molecule has 3 aromatic rings. The molecule has 0 bridgehead atoms. The van der Waals surface area contributed by atoms with E-state index < -0.39 is 34.3 Å². The zero-order valence-electron chi connectivity index (χ0n) is 16.8. The number of halogens is 5. The Balaban J connectivity index is 1.65. The topological polar surface area (TPSA) is 68.7 Å². The quantitative estimate of drug-likeness (QED) is 0.246. The minimum Gasteiger partial charge on any atom is -0.493 e. The van der Waals surface area contributed by atoms with E-state index in [-0.39, 0.29) is 30.2 Å². The van der Waals surface area contributed by atoms with Crippen LogP contribution >= 0.6 is 11.6 Å². The van der Waals surface area contributed by atoms with Gasteiger partial charge >= 0.3 is 12.1 Å². The first-order chi connectivity index (χ1) is 15.5. The van der Waals surface area contributed by atoms with Crippen molar-refractivity contribution in [1.82, 2.24) is 4.98 Å². The van der Waals surface area contributed by atoms with Gasteiger partial charge in [-0.15, -0.1) is 0 Å². The summed E-state index contributed by atoms with van der Waals surface area (Å²) in [5, 5.41) is 9.14. The second-order valence-electron chi connectivity index (χ2n) is 6.86. The van der Waals surface area contributed by atoms with E-state index in [1.165, 1.54) is 24.4 Å². The van der Waals surface area contributed by atoms with Crippen LogP contribution in [0.5, 0.6) is 17.4 Å². The SMILES string of the molecule is C=C(Cc1cccnc1O)C(=O)OCc1cccc(Oc2c(F)cc(C(F)(F)F)cc2Cl)c1. The van der Waals surface area contributed by atoms with Gasteiger partial charge in [0.2, 0.25) is 5.88 Å². The summed E-state index contributed by atoms with van der Waals surface area (Å²) in [5.74, 6) is -2.69. The van der Waals surface area contributed by atoms with Gasteiger partial charge in [-0.25, -0.2) is 14.2 Å². The van der Waals surface area contributed by atoms with Gasteiger partial charge in [0.25, 0.3) is 0 Å². The highest BCUT2D eigenvalue weighted by atomic mass is 35.5.